The van der Waals surface area contributed by atoms with Gasteiger partial charge in [-0.3, -0.25) is 9.80 Å². The molecule has 0 bridgehead atoms. The Morgan fingerprint density at radius 1 is 0.717 bits per heavy atom. The maximum atomic E-state index is 12.8. The van der Waals surface area contributed by atoms with Crippen molar-refractivity contribution >= 4 is 12.2 Å². The summed E-state index contributed by atoms with van der Waals surface area (Å²) in [7, 11) is 0. The van der Waals surface area contributed by atoms with Crippen LogP contribution in [0.5, 0.6) is 0 Å². The van der Waals surface area contributed by atoms with Gasteiger partial charge in [-0.2, -0.15) is 0 Å². The molecule has 0 saturated carbocycles. The van der Waals surface area contributed by atoms with E-state index in [1.165, 1.54) is 0 Å². The number of nitrogens with one attached hydrogen (secondary N) is 1. The summed E-state index contributed by atoms with van der Waals surface area (Å²) in [6, 6.07) is 16.1. The highest BCUT2D eigenvalue weighted by atomic mass is 16.6. The summed E-state index contributed by atoms with van der Waals surface area (Å²) >= 11 is 0. The number of rotatable bonds is 5. The third-order valence-corrected chi connectivity index (χ3v) is 8.18. The monoisotopic (exact) mass is 625 g/mol. The molecule has 0 spiro atoms. The molecule has 2 aliphatic rings. The third-order valence-electron chi connectivity index (χ3n) is 8.18. The molecule has 2 aromatic heterocycles. The summed E-state index contributed by atoms with van der Waals surface area (Å²) in [6.45, 7) is 12.5. The quantitative estimate of drug-likeness (QED) is 0.236. The number of amides is 2. The summed E-state index contributed by atoms with van der Waals surface area (Å²) in [5.74, 6) is 1.97. The van der Waals surface area contributed by atoms with E-state index in [-0.39, 0.29) is 24.3 Å². The fourth-order valence-corrected chi connectivity index (χ4v) is 6.05. The van der Waals surface area contributed by atoms with Gasteiger partial charge in [0.1, 0.15) is 23.1 Å². The SMILES string of the molecule is CC(C)(C)OC(=O)N1CCCC1c1ncc(-c2ccc(-c3ccc(-c4cnc([C@@H]5CCCN5C(=O)OC(C)(C)C)[nH]4)cc3)cc2)o1. The molecule has 10 heteroatoms. The molecule has 6 rings (SSSR count). The van der Waals surface area contributed by atoms with Crippen molar-refractivity contribution < 1.29 is 23.5 Å². The summed E-state index contributed by atoms with van der Waals surface area (Å²) in [5, 5.41) is 0. The molecule has 242 valence electrons. The molecule has 2 aromatic carbocycles. The van der Waals surface area contributed by atoms with E-state index in [0.29, 0.717) is 24.7 Å². The number of aromatic amines is 1. The first-order valence-corrected chi connectivity index (χ1v) is 16.1. The zero-order chi connectivity index (χ0) is 32.6. The van der Waals surface area contributed by atoms with Crippen molar-refractivity contribution in [3.63, 3.8) is 0 Å². The van der Waals surface area contributed by atoms with Gasteiger partial charge in [0.05, 0.1) is 24.1 Å². The van der Waals surface area contributed by atoms with Crippen molar-refractivity contribution in [1.29, 1.82) is 0 Å². The van der Waals surface area contributed by atoms with Crippen molar-refractivity contribution in [3.8, 4) is 33.7 Å². The molecule has 4 aromatic rings. The smallest absolute Gasteiger partial charge is 0.410 e. The molecule has 2 atom stereocenters. The molecule has 0 radical (unpaired) electrons. The minimum atomic E-state index is -0.557. The van der Waals surface area contributed by atoms with Crippen LogP contribution in [0.4, 0.5) is 9.59 Å². The third kappa shape index (κ3) is 6.95. The molecule has 46 heavy (non-hydrogen) atoms. The van der Waals surface area contributed by atoms with E-state index in [4.69, 9.17) is 13.9 Å². The predicted molar refractivity (Wildman–Crippen MR) is 175 cm³/mol. The van der Waals surface area contributed by atoms with Gasteiger partial charge in [0, 0.05) is 18.7 Å². The summed E-state index contributed by atoms with van der Waals surface area (Å²) in [6.07, 6.45) is 6.35. The number of ether oxygens (including phenoxy) is 2. The van der Waals surface area contributed by atoms with Crippen LogP contribution in [0.1, 0.15) is 91.0 Å². The Morgan fingerprint density at radius 3 is 1.78 bits per heavy atom. The predicted octanol–water partition coefficient (Wildman–Crippen LogP) is 8.54. The number of nitrogens with zero attached hydrogens (tertiary/aromatic N) is 4. The molecule has 10 nitrogen and oxygen atoms in total. The Labute approximate surface area is 270 Å². The first-order valence-electron chi connectivity index (χ1n) is 16.1. The van der Waals surface area contributed by atoms with Gasteiger partial charge in [-0.1, -0.05) is 48.5 Å². The normalized spacial score (nSPS) is 18.7. The average molecular weight is 626 g/mol. The molecule has 1 N–H and O–H groups in total. The Kier molecular flexibility index (Phi) is 8.39. The molecular weight excluding hydrogens is 582 g/mol. The molecule has 1 unspecified atom stereocenters. The zero-order valence-corrected chi connectivity index (χ0v) is 27.5. The minimum absolute atomic E-state index is 0.121. The van der Waals surface area contributed by atoms with Crippen molar-refractivity contribution in [2.24, 2.45) is 0 Å². The van der Waals surface area contributed by atoms with Crippen LogP contribution in [0.3, 0.4) is 0 Å². The molecule has 2 saturated heterocycles. The lowest BCUT2D eigenvalue weighted by atomic mass is 10.0. The van der Waals surface area contributed by atoms with Crippen LogP contribution in [0.25, 0.3) is 33.7 Å². The number of carbonyl (C=O) groups is 2. The van der Waals surface area contributed by atoms with Crippen LogP contribution >= 0.6 is 0 Å². The molecule has 0 aliphatic carbocycles. The molecule has 2 fully saturated rings. The lowest BCUT2D eigenvalue weighted by Gasteiger charge is -2.27. The fourth-order valence-electron chi connectivity index (χ4n) is 6.05. The van der Waals surface area contributed by atoms with Gasteiger partial charge < -0.3 is 18.9 Å². The van der Waals surface area contributed by atoms with Gasteiger partial charge in [-0.15, -0.1) is 0 Å². The highest BCUT2D eigenvalue weighted by Crippen LogP contribution is 2.36. The second-order valence-electron chi connectivity index (χ2n) is 14.1. The van der Waals surface area contributed by atoms with Crippen LogP contribution in [-0.2, 0) is 9.47 Å². The number of hydrogen-bond acceptors (Lipinski definition) is 7. The molecule has 4 heterocycles. The first-order chi connectivity index (χ1) is 21.8. The molecule has 2 aliphatic heterocycles. The highest BCUT2D eigenvalue weighted by Gasteiger charge is 2.37. The number of hydrogen-bond donors (Lipinski definition) is 1. The van der Waals surface area contributed by atoms with E-state index in [9.17, 15) is 9.59 Å². The van der Waals surface area contributed by atoms with E-state index < -0.39 is 11.2 Å². The van der Waals surface area contributed by atoms with E-state index >= 15 is 0 Å². The number of aromatic nitrogens is 3. The van der Waals surface area contributed by atoms with Gasteiger partial charge in [-0.25, -0.2) is 19.6 Å². The Bertz CT molecular complexity index is 1550. The zero-order valence-electron chi connectivity index (χ0n) is 27.5. The number of oxazole rings is 1. The number of benzene rings is 2. The second kappa shape index (κ2) is 12.3. The van der Waals surface area contributed by atoms with E-state index in [1.54, 1.807) is 16.0 Å². The Balaban J connectivity index is 1.11. The number of likely N-dealkylation sites (tertiary alicyclic amines) is 2. The number of carbonyl (C=O) groups excluding carboxylic acids is 2. The summed E-state index contributed by atoms with van der Waals surface area (Å²) in [4.78, 5) is 41.6. The molecular formula is C36H43N5O5. The maximum Gasteiger partial charge on any atom is 0.410 e. The van der Waals surface area contributed by atoms with Gasteiger partial charge in [0.25, 0.3) is 0 Å². The summed E-state index contributed by atoms with van der Waals surface area (Å²) < 4.78 is 17.4. The van der Waals surface area contributed by atoms with Gasteiger partial charge in [0.2, 0.25) is 5.89 Å². The lowest BCUT2D eigenvalue weighted by molar-refractivity contribution is 0.0199. The average Bonchev–Trinajstić information content (AvgIpc) is 3.82. The van der Waals surface area contributed by atoms with E-state index in [0.717, 1.165) is 59.5 Å². The van der Waals surface area contributed by atoms with Gasteiger partial charge in [-0.05, 0) is 83.9 Å². The van der Waals surface area contributed by atoms with Crippen molar-refractivity contribution in [1.82, 2.24) is 24.8 Å². The van der Waals surface area contributed by atoms with Crippen molar-refractivity contribution in [3.05, 3.63) is 72.6 Å². The Hall–Kier alpha value is -4.60. The topological polar surface area (TPSA) is 114 Å². The van der Waals surface area contributed by atoms with Crippen LogP contribution in [0.15, 0.2) is 65.3 Å². The second-order valence-corrected chi connectivity index (χ2v) is 14.1. The highest BCUT2D eigenvalue weighted by molar-refractivity contribution is 5.72. The van der Waals surface area contributed by atoms with E-state index in [2.05, 4.69) is 51.4 Å². The maximum absolute atomic E-state index is 12.8. The Morgan fingerprint density at radius 2 is 1.22 bits per heavy atom. The standard InChI is InChI=1S/C36H43N5O5/c1-35(2,3)45-33(42)40-19-7-9-28(40)31-37-21-27(39-31)25-15-11-23(12-16-25)24-13-17-26(18-14-24)30-22-38-32(44-30)29-10-8-20-41(29)34(43)46-36(4,5)6/h11-18,21-22,28-29H,7-10,19-20H2,1-6H3,(H,37,39)/t28-,29?/m0/s1. The largest absolute Gasteiger partial charge is 0.444 e. The van der Waals surface area contributed by atoms with Crippen LogP contribution in [0.2, 0.25) is 0 Å². The van der Waals surface area contributed by atoms with Crippen molar-refractivity contribution in [2.75, 3.05) is 13.1 Å². The molecule has 2 amide bonds. The van der Waals surface area contributed by atoms with E-state index in [1.807, 2.05) is 59.9 Å². The summed E-state index contributed by atoms with van der Waals surface area (Å²) in [5.41, 5.74) is 3.90. The first kappa shape index (κ1) is 31.4. The van der Waals surface area contributed by atoms with Gasteiger partial charge >= 0.3 is 12.2 Å². The number of imidazole rings is 1. The van der Waals surface area contributed by atoms with Crippen LogP contribution < -0.4 is 0 Å². The lowest BCUT2D eigenvalue weighted by Crippen LogP contribution is -2.36. The number of H-pyrrole nitrogens is 1. The van der Waals surface area contributed by atoms with Crippen LogP contribution in [0, 0.1) is 0 Å². The van der Waals surface area contributed by atoms with Gasteiger partial charge in [0.15, 0.2) is 5.76 Å². The fraction of sp³-hybridized carbons (Fsp3) is 0.444. The van der Waals surface area contributed by atoms with Crippen molar-refractivity contribution in [2.45, 2.75) is 90.5 Å². The van der Waals surface area contributed by atoms with Crippen LogP contribution in [-0.4, -0.2) is 61.2 Å². The minimum Gasteiger partial charge on any atom is -0.444 e.